The standard InChI is InChI=1S/C10H17NO/c1-3-4-9(2)7-10(8-11)5-6-12/h6,9-10H,3-5,7H2,1-2H3/t9-,10-/m1/s1. The topological polar surface area (TPSA) is 40.9 Å². The minimum atomic E-state index is -0.0657. The van der Waals surface area contributed by atoms with Crippen molar-refractivity contribution in [3.05, 3.63) is 0 Å². The Morgan fingerprint density at radius 3 is 2.67 bits per heavy atom. The van der Waals surface area contributed by atoms with Crippen molar-refractivity contribution >= 4 is 6.29 Å². The molecular formula is C10H17NO. The van der Waals surface area contributed by atoms with Gasteiger partial charge >= 0.3 is 0 Å². The van der Waals surface area contributed by atoms with Gasteiger partial charge in [0.15, 0.2) is 0 Å². The number of hydrogen-bond acceptors (Lipinski definition) is 2. The zero-order valence-corrected chi connectivity index (χ0v) is 7.92. The molecule has 0 N–H and O–H groups in total. The van der Waals surface area contributed by atoms with Gasteiger partial charge in [-0.15, -0.1) is 0 Å². The average Bonchev–Trinajstić information content (AvgIpc) is 2.04. The molecule has 12 heavy (non-hydrogen) atoms. The molecule has 0 aliphatic heterocycles. The number of carbonyl (C=O) groups excluding carboxylic acids is 1. The number of aldehydes is 1. The molecule has 2 heteroatoms. The molecule has 2 nitrogen and oxygen atoms in total. The Labute approximate surface area is 74.6 Å². The molecule has 0 bridgehead atoms. The Kier molecular flexibility index (Phi) is 6.37. The molecule has 0 aromatic carbocycles. The quantitative estimate of drug-likeness (QED) is 0.570. The van der Waals surface area contributed by atoms with Crippen LogP contribution >= 0.6 is 0 Å². The fraction of sp³-hybridized carbons (Fsp3) is 0.800. The first-order valence-corrected chi connectivity index (χ1v) is 4.57. The summed E-state index contributed by atoms with van der Waals surface area (Å²) in [5.41, 5.74) is 0. The number of rotatable bonds is 6. The van der Waals surface area contributed by atoms with E-state index >= 15 is 0 Å². The van der Waals surface area contributed by atoms with E-state index in [1.54, 1.807) is 0 Å². The average molecular weight is 167 g/mol. The van der Waals surface area contributed by atoms with Crippen LogP contribution < -0.4 is 0 Å². The lowest BCUT2D eigenvalue weighted by Crippen LogP contribution is -2.05. The van der Waals surface area contributed by atoms with Gasteiger partial charge in [-0.25, -0.2) is 0 Å². The molecule has 0 heterocycles. The first kappa shape index (κ1) is 11.2. The van der Waals surface area contributed by atoms with Gasteiger partial charge in [-0.2, -0.15) is 5.26 Å². The number of carbonyl (C=O) groups is 1. The SMILES string of the molecule is CCC[C@@H](C)C[C@H](C#N)CC=O. The van der Waals surface area contributed by atoms with E-state index in [0.29, 0.717) is 12.3 Å². The van der Waals surface area contributed by atoms with Crippen molar-refractivity contribution in [2.24, 2.45) is 11.8 Å². The Bertz CT molecular complexity index is 160. The lowest BCUT2D eigenvalue weighted by Gasteiger charge is -2.11. The molecule has 0 aliphatic rings. The van der Waals surface area contributed by atoms with Gasteiger partial charge in [-0.3, -0.25) is 0 Å². The predicted octanol–water partition coefficient (Wildman–Crippen LogP) is 2.54. The van der Waals surface area contributed by atoms with Gasteiger partial charge in [0.05, 0.1) is 12.0 Å². The molecule has 0 aromatic rings. The molecule has 0 rings (SSSR count). The predicted molar refractivity (Wildman–Crippen MR) is 48.5 cm³/mol. The summed E-state index contributed by atoms with van der Waals surface area (Å²) in [6, 6.07) is 2.16. The number of hydrogen-bond donors (Lipinski definition) is 0. The summed E-state index contributed by atoms with van der Waals surface area (Å²) in [7, 11) is 0. The molecule has 0 unspecified atom stereocenters. The lowest BCUT2D eigenvalue weighted by atomic mass is 9.92. The van der Waals surface area contributed by atoms with E-state index in [1.807, 2.05) is 0 Å². The van der Waals surface area contributed by atoms with E-state index in [4.69, 9.17) is 5.26 Å². The van der Waals surface area contributed by atoms with Crippen LogP contribution in [0.2, 0.25) is 0 Å². The van der Waals surface area contributed by atoms with E-state index in [9.17, 15) is 4.79 Å². The zero-order valence-electron chi connectivity index (χ0n) is 7.92. The van der Waals surface area contributed by atoms with Crippen LogP contribution in [0.4, 0.5) is 0 Å². The maximum absolute atomic E-state index is 10.2. The summed E-state index contributed by atoms with van der Waals surface area (Å²) in [6.07, 6.45) is 4.40. The lowest BCUT2D eigenvalue weighted by molar-refractivity contribution is -0.108. The Balaban J connectivity index is 3.70. The van der Waals surface area contributed by atoms with Gasteiger partial charge in [0, 0.05) is 6.42 Å². The van der Waals surface area contributed by atoms with E-state index in [1.165, 1.54) is 0 Å². The van der Waals surface area contributed by atoms with Crippen molar-refractivity contribution < 1.29 is 4.79 Å². The normalized spacial score (nSPS) is 14.8. The van der Waals surface area contributed by atoms with Crippen molar-refractivity contribution in [1.29, 1.82) is 5.26 Å². The maximum Gasteiger partial charge on any atom is 0.121 e. The second kappa shape index (κ2) is 6.84. The Hall–Kier alpha value is -0.840. The molecule has 0 aliphatic carbocycles. The fourth-order valence-corrected chi connectivity index (χ4v) is 1.41. The molecule has 2 atom stereocenters. The summed E-state index contributed by atoms with van der Waals surface area (Å²) in [5.74, 6) is 0.503. The zero-order chi connectivity index (χ0) is 9.40. The summed E-state index contributed by atoms with van der Waals surface area (Å²) in [4.78, 5) is 10.2. The van der Waals surface area contributed by atoms with Crippen LogP contribution in [0.15, 0.2) is 0 Å². The summed E-state index contributed by atoms with van der Waals surface area (Å²) >= 11 is 0. The van der Waals surface area contributed by atoms with Crippen LogP contribution in [-0.2, 0) is 4.79 Å². The molecule has 0 saturated heterocycles. The van der Waals surface area contributed by atoms with Crippen LogP contribution in [0.3, 0.4) is 0 Å². The van der Waals surface area contributed by atoms with Crippen molar-refractivity contribution in [2.45, 2.75) is 39.5 Å². The van der Waals surface area contributed by atoms with E-state index in [-0.39, 0.29) is 5.92 Å². The van der Waals surface area contributed by atoms with Crippen LogP contribution in [0.25, 0.3) is 0 Å². The van der Waals surface area contributed by atoms with Gasteiger partial charge in [0.25, 0.3) is 0 Å². The second-order valence-corrected chi connectivity index (χ2v) is 3.36. The fourth-order valence-electron chi connectivity index (χ4n) is 1.41. The Morgan fingerprint density at radius 1 is 1.58 bits per heavy atom. The largest absolute Gasteiger partial charge is 0.303 e. The highest BCUT2D eigenvalue weighted by Crippen LogP contribution is 2.17. The van der Waals surface area contributed by atoms with Gasteiger partial charge in [0.1, 0.15) is 6.29 Å². The summed E-state index contributed by atoms with van der Waals surface area (Å²) in [5, 5.41) is 8.67. The molecule has 68 valence electrons. The molecule has 0 fully saturated rings. The van der Waals surface area contributed by atoms with Gasteiger partial charge in [-0.1, -0.05) is 26.7 Å². The third kappa shape index (κ3) is 4.90. The van der Waals surface area contributed by atoms with Gasteiger partial charge < -0.3 is 4.79 Å². The molecule has 0 saturated carbocycles. The summed E-state index contributed by atoms with van der Waals surface area (Å²) in [6.45, 7) is 4.27. The van der Waals surface area contributed by atoms with Crippen molar-refractivity contribution in [1.82, 2.24) is 0 Å². The molecule has 0 radical (unpaired) electrons. The minimum Gasteiger partial charge on any atom is -0.303 e. The van der Waals surface area contributed by atoms with Crippen molar-refractivity contribution in [3.63, 3.8) is 0 Å². The third-order valence-electron chi connectivity index (χ3n) is 2.03. The number of nitriles is 1. The van der Waals surface area contributed by atoms with Crippen molar-refractivity contribution in [3.8, 4) is 6.07 Å². The Morgan fingerprint density at radius 2 is 2.25 bits per heavy atom. The smallest absolute Gasteiger partial charge is 0.121 e. The highest BCUT2D eigenvalue weighted by Gasteiger charge is 2.10. The van der Waals surface area contributed by atoms with Gasteiger partial charge in [0.2, 0.25) is 0 Å². The maximum atomic E-state index is 10.2. The minimum absolute atomic E-state index is 0.0657. The van der Waals surface area contributed by atoms with Crippen molar-refractivity contribution in [2.75, 3.05) is 0 Å². The van der Waals surface area contributed by atoms with Crippen LogP contribution in [-0.4, -0.2) is 6.29 Å². The monoisotopic (exact) mass is 167 g/mol. The van der Waals surface area contributed by atoms with E-state index in [2.05, 4.69) is 19.9 Å². The van der Waals surface area contributed by atoms with Gasteiger partial charge in [-0.05, 0) is 12.3 Å². The summed E-state index contributed by atoms with van der Waals surface area (Å²) < 4.78 is 0. The second-order valence-electron chi connectivity index (χ2n) is 3.36. The highest BCUT2D eigenvalue weighted by atomic mass is 16.1. The third-order valence-corrected chi connectivity index (χ3v) is 2.03. The molecule has 0 amide bonds. The van der Waals surface area contributed by atoms with Crippen LogP contribution in [0.1, 0.15) is 39.5 Å². The van der Waals surface area contributed by atoms with E-state index in [0.717, 1.165) is 25.5 Å². The van der Waals surface area contributed by atoms with E-state index < -0.39 is 0 Å². The first-order valence-electron chi connectivity index (χ1n) is 4.57. The molecule has 0 aromatic heterocycles. The highest BCUT2D eigenvalue weighted by molar-refractivity contribution is 5.50. The number of nitrogens with zero attached hydrogens (tertiary/aromatic N) is 1. The first-order chi connectivity index (χ1) is 5.74. The molecule has 0 spiro atoms. The molecular weight excluding hydrogens is 150 g/mol. The van der Waals surface area contributed by atoms with Crippen LogP contribution in [0, 0.1) is 23.2 Å². The van der Waals surface area contributed by atoms with Crippen LogP contribution in [0.5, 0.6) is 0 Å².